The molecular weight excluding hydrogens is 393 g/mol. The Kier molecular flexibility index (Phi) is 4.22. The van der Waals surface area contributed by atoms with E-state index in [2.05, 4.69) is 20.7 Å². The number of esters is 1. The Morgan fingerprint density at radius 2 is 1.84 bits per heavy atom. The SMILES string of the molecule is COC(=O)c1c(N)c2c(F)cc(Br)cc2n(-c2ccc(N)cc2)c1=O. The van der Waals surface area contributed by atoms with E-state index in [4.69, 9.17) is 11.5 Å². The number of benzene rings is 2. The van der Waals surface area contributed by atoms with Crippen LogP contribution in [0.1, 0.15) is 10.4 Å². The minimum absolute atomic E-state index is 0.0416. The molecule has 128 valence electrons. The van der Waals surface area contributed by atoms with Crippen molar-refractivity contribution < 1.29 is 13.9 Å². The average Bonchev–Trinajstić information content (AvgIpc) is 2.55. The Bertz CT molecular complexity index is 1060. The fourth-order valence-electron chi connectivity index (χ4n) is 2.64. The fraction of sp³-hybridized carbons (Fsp3) is 0.0588. The van der Waals surface area contributed by atoms with Crippen molar-refractivity contribution in [3.63, 3.8) is 0 Å². The second kappa shape index (κ2) is 6.21. The summed E-state index contributed by atoms with van der Waals surface area (Å²) in [6, 6.07) is 9.12. The van der Waals surface area contributed by atoms with Crippen LogP contribution in [0, 0.1) is 5.82 Å². The Balaban J connectivity index is 2.55. The number of hydrogen-bond donors (Lipinski definition) is 2. The summed E-state index contributed by atoms with van der Waals surface area (Å²) in [4.78, 5) is 25.0. The van der Waals surface area contributed by atoms with E-state index in [1.54, 1.807) is 30.3 Å². The minimum atomic E-state index is -0.934. The van der Waals surface area contributed by atoms with Crippen LogP contribution in [-0.4, -0.2) is 17.6 Å². The first kappa shape index (κ1) is 17.0. The first-order chi connectivity index (χ1) is 11.8. The standard InChI is InChI=1S/C17H13BrFN3O3/c1-25-17(24)14-15(21)13-11(19)6-8(18)7-12(13)22(16(14)23)10-4-2-9(20)3-5-10/h2-7H,20-21H2,1H3. The lowest BCUT2D eigenvalue weighted by atomic mass is 10.1. The summed E-state index contributed by atoms with van der Waals surface area (Å²) in [5.74, 6) is -1.60. The summed E-state index contributed by atoms with van der Waals surface area (Å²) in [5.41, 5.74) is 11.3. The number of rotatable bonds is 2. The van der Waals surface area contributed by atoms with E-state index in [1.807, 2.05) is 0 Å². The third kappa shape index (κ3) is 2.74. The van der Waals surface area contributed by atoms with Crippen molar-refractivity contribution in [3.8, 4) is 5.69 Å². The fourth-order valence-corrected chi connectivity index (χ4v) is 3.06. The molecule has 1 heterocycles. The van der Waals surface area contributed by atoms with Crippen molar-refractivity contribution in [1.29, 1.82) is 0 Å². The summed E-state index contributed by atoms with van der Waals surface area (Å²) in [5, 5.41) is -0.0416. The van der Waals surface area contributed by atoms with Crippen molar-refractivity contribution in [2.45, 2.75) is 0 Å². The number of anilines is 2. The molecule has 0 saturated heterocycles. The van der Waals surface area contributed by atoms with E-state index >= 15 is 0 Å². The topological polar surface area (TPSA) is 100 Å². The summed E-state index contributed by atoms with van der Waals surface area (Å²) >= 11 is 3.20. The predicted molar refractivity (Wildman–Crippen MR) is 97.4 cm³/mol. The molecule has 3 rings (SSSR count). The van der Waals surface area contributed by atoms with Crippen molar-refractivity contribution >= 4 is 44.2 Å². The molecule has 0 radical (unpaired) electrons. The molecular formula is C17H13BrFN3O3. The number of halogens is 2. The summed E-state index contributed by atoms with van der Waals surface area (Å²) in [6.07, 6.45) is 0. The summed E-state index contributed by atoms with van der Waals surface area (Å²) in [6.45, 7) is 0. The zero-order valence-corrected chi connectivity index (χ0v) is 14.6. The van der Waals surface area contributed by atoms with Crippen molar-refractivity contribution in [1.82, 2.24) is 4.57 Å². The Morgan fingerprint density at radius 1 is 1.20 bits per heavy atom. The van der Waals surface area contributed by atoms with Gasteiger partial charge in [-0.05, 0) is 36.4 Å². The van der Waals surface area contributed by atoms with E-state index in [0.717, 1.165) is 7.11 Å². The van der Waals surface area contributed by atoms with Gasteiger partial charge >= 0.3 is 5.97 Å². The molecule has 4 N–H and O–H groups in total. The van der Waals surface area contributed by atoms with Gasteiger partial charge in [0.15, 0.2) is 0 Å². The normalized spacial score (nSPS) is 10.8. The number of ether oxygens (including phenoxy) is 1. The van der Waals surface area contributed by atoms with E-state index in [9.17, 15) is 14.0 Å². The van der Waals surface area contributed by atoms with Crippen LogP contribution < -0.4 is 17.0 Å². The molecule has 6 nitrogen and oxygen atoms in total. The van der Waals surface area contributed by atoms with Gasteiger partial charge in [0, 0.05) is 15.8 Å². The highest BCUT2D eigenvalue weighted by Crippen LogP contribution is 2.30. The second-order valence-corrected chi connectivity index (χ2v) is 6.21. The van der Waals surface area contributed by atoms with Gasteiger partial charge in [0.1, 0.15) is 11.4 Å². The van der Waals surface area contributed by atoms with Crippen LogP contribution in [0.5, 0.6) is 0 Å². The molecule has 0 aliphatic carbocycles. The van der Waals surface area contributed by atoms with Crippen molar-refractivity contribution in [2.24, 2.45) is 0 Å². The van der Waals surface area contributed by atoms with Gasteiger partial charge in [-0.1, -0.05) is 15.9 Å². The molecule has 25 heavy (non-hydrogen) atoms. The maximum absolute atomic E-state index is 14.5. The lowest BCUT2D eigenvalue weighted by molar-refractivity contribution is 0.0600. The summed E-state index contributed by atoms with van der Waals surface area (Å²) < 4.78 is 20.8. The van der Waals surface area contributed by atoms with E-state index in [-0.39, 0.29) is 16.6 Å². The number of hydrogen-bond acceptors (Lipinski definition) is 5. The van der Waals surface area contributed by atoms with Crippen LogP contribution in [0.2, 0.25) is 0 Å². The molecule has 0 fully saturated rings. The number of carbonyl (C=O) groups excluding carboxylic acids is 1. The Morgan fingerprint density at radius 3 is 2.44 bits per heavy atom. The molecule has 3 aromatic rings. The average molecular weight is 406 g/mol. The Labute approximate surface area is 149 Å². The third-order valence-electron chi connectivity index (χ3n) is 3.77. The van der Waals surface area contributed by atoms with Crippen LogP contribution in [0.15, 0.2) is 45.7 Å². The van der Waals surface area contributed by atoms with Crippen LogP contribution >= 0.6 is 15.9 Å². The number of nitrogens with two attached hydrogens (primary N) is 2. The maximum atomic E-state index is 14.5. The smallest absolute Gasteiger partial charge is 0.345 e. The number of nitrogens with zero attached hydrogens (tertiary/aromatic N) is 1. The lowest BCUT2D eigenvalue weighted by Gasteiger charge is -2.16. The molecule has 0 saturated carbocycles. The molecule has 0 bridgehead atoms. The number of nitrogen functional groups attached to an aromatic ring is 2. The van der Waals surface area contributed by atoms with Crippen LogP contribution in [0.4, 0.5) is 15.8 Å². The van der Waals surface area contributed by atoms with Crippen LogP contribution in [0.3, 0.4) is 0 Å². The molecule has 0 unspecified atom stereocenters. The van der Waals surface area contributed by atoms with Crippen molar-refractivity contribution in [2.75, 3.05) is 18.6 Å². The molecule has 0 atom stereocenters. The maximum Gasteiger partial charge on any atom is 0.345 e. The number of fused-ring (bicyclic) bond motifs is 1. The zero-order chi connectivity index (χ0) is 18.3. The van der Waals surface area contributed by atoms with E-state index in [1.165, 1.54) is 10.6 Å². The van der Waals surface area contributed by atoms with Crippen LogP contribution in [0.25, 0.3) is 16.6 Å². The Hall–Kier alpha value is -2.87. The van der Waals surface area contributed by atoms with E-state index < -0.39 is 22.9 Å². The third-order valence-corrected chi connectivity index (χ3v) is 4.23. The van der Waals surface area contributed by atoms with E-state index in [0.29, 0.717) is 15.8 Å². The minimum Gasteiger partial charge on any atom is -0.465 e. The van der Waals surface area contributed by atoms with Crippen molar-refractivity contribution in [3.05, 3.63) is 62.6 Å². The molecule has 0 spiro atoms. The van der Waals surface area contributed by atoms with Gasteiger partial charge in [0.05, 0.1) is 23.7 Å². The predicted octanol–water partition coefficient (Wildman–Crippen LogP) is 2.84. The molecule has 1 aromatic heterocycles. The molecule has 8 heteroatoms. The number of pyridine rings is 1. The first-order valence-electron chi connectivity index (χ1n) is 7.12. The molecule has 2 aromatic carbocycles. The zero-order valence-electron chi connectivity index (χ0n) is 13.0. The monoisotopic (exact) mass is 405 g/mol. The lowest BCUT2D eigenvalue weighted by Crippen LogP contribution is -2.28. The molecule has 0 amide bonds. The highest BCUT2D eigenvalue weighted by Gasteiger charge is 2.24. The first-order valence-corrected chi connectivity index (χ1v) is 7.92. The van der Waals surface area contributed by atoms with Gasteiger partial charge in [0.25, 0.3) is 5.56 Å². The van der Waals surface area contributed by atoms with Gasteiger partial charge < -0.3 is 16.2 Å². The van der Waals surface area contributed by atoms with Crippen LogP contribution in [-0.2, 0) is 4.74 Å². The molecule has 0 aliphatic rings. The quantitative estimate of drug-likeness (QED) is 0.504. The van der Waals surface area contributed by atoms with Gasteiger partial charge in [-0.3, -0.25) is 9.36 Å². The number of carbonyl (C=O) groups is 1. The number of methoxy groups -OCH3 is 1. The van der Waals surface area contributed by atoms with Gasteiger partial charge in [0.2, 0.25) is 0 Å². The summed E-state index contributed by atoms with van der Waals surface area (Å²) in [7, 11) is 1.12. The van der Waals surface area contributed by atoms with Gasteiger partial charge in [-0.25, -0.2) is 9.18 Å². The van der Waals surface area contributed by atoms with Gasteiger partial charge in [-0.2, -0.15) is 0 Å². The number of aromatic nitrogens is 1. The second-order valence-electron chi connectivity index (χ2n) is 5.29. The highest BCUT2D eigenvalue weighted by molar-refractivity contribution is 9.10. The molecule has 0 aliphatic heterocycles. The largest absolute Gasteiger partial charge is 0.465 e. The highest BCUT2D eigenvalue weighted by atomic mass is 79.9. The van der Waals surface area contributed by atoms with Gasteiger partial charge in [-0.15, -0.1) is 0 Å².